The molecule has 3 aromatic rings. The van der Waals surface area contributed by atoms with E-state index in [1.54, 1.807) is 13.8 Å². The number of halogens is 4. The van der Waals surface area contributed by atoms with Crippen LogP contribution in [-0.4, -0.2) is 63.6 Å². The largest absolute Gasteiger partial charge is 0.493 e. The number of aromatic amines is 1. The minimum Gasteiger partial charge on any atom is -0.493 e. The van der Waals surface area contributed by atoms with Gasteiger partial charge in [0.15, 0.2) is 0 Å². The van der Waals surface area contributed by atoms with Crippen molar-refractivity contribution in [1.82, 2.24) is 25.2 Å². The number of carbonyl (C=O) groups is 2. The average molecular weight is 548 g/mol. The minimum absolute atomic E-state index is 0.101. The van der Waals surface area contributed by atoms with Gasteiger partial charge in [-0.3, -0.25) is 9.59 Å². The number of fused-ring (bicyclic) bond motifs is 1. The highest BCUT2D eigenvalue weighted by molar-refractivity contribution is 6.09. The number of carbonyl (C=O) groups excluding carboxylic acids is 2. The van der Waals surface area contributed by atoms with E-state index in [0.717, 1.165) is 25.0 Å². The second-order valence-electron chi connectivity index (χ2n) is 10.1. The maximum absolute atomic E-state index is 14.9. The van der Waals surface area contributed by atoms with Crippen LogP contribution in [0.25, 0.3) is 22.3 Å². The van der Waals surface area contributed by atoms with Crippen LogP contribution in [0.15, 0.2) is 24.5 Å². The number of aryl methyl sites for hydroxylation is 1. The fourth-order valence-electron chi connectivity index (χ4n) is 4.87. The summed E-state index contributed by atoms with van der Waals surface area (Å²) in [5, 5.41) is 2.72. The SMILES string of the molecule is CCC(=O)N1CC[C@H](NC(=O)c2c(C)[nH]c3c(-c4cc(C(F)(F)F)ccc4OCC4CC4)ncnc23)[C@H](F)C1. The first-order chi connectivity index (χ1) is 18.6. The third-order valence-corrected chi connectivity index (χ3v) is 7.25. The number of rotatable bonds is 7. The predicted molar refractivity (Wildman–Crippen MR) is 135 cm³/mol. The number of alkyl halides is 4. The molecule has 1 saturated carbocycles. The van der Waals surface area contributed by atoms with Gasteiger partial charge in [0, 0.05) is 24.2 Å². The Hall–Kier alpha value is -3.70. The molecule has 2 N–H and O–H groups in total. The molecule has 0 bridgehead atoms. The lowest BCUT2D eigenvalue weighted by Crippen LogP contribution is -2.53. The maximum atomic E-state index is 14.9. The fraction of sp³-hybridized carbons (Fsp3) is 0.481. The summed E-state index contributed by atoms with van der Waals surface area (Å²) < 4.78 is 61.5. The Bertz CT molecular complexity index is 1400. The van der Waals surface area contributed by atoms with E-state index in [1.165, 1.54) is 17.3 Å². The highest BCUT2D eigenvalue weighted by Crippen LogP contribution is 2.40. The molecule has 1 aliphatic heterocycles. The molecule has 0 unspecified atom stereocenters. The summed E-state index contributed by atoms with van der Waals surface area (Å²) in [6, 6.07) is 2.44. The Labute approximate surface area is 222 Å². The molecule has 8 nitrogen and oxygen atoms in total. The van der Waals surface area contributed by atoms with Gasteiger partial charge in [0.2, 0.25) is 5.91 Å². The molecule has 2 atom stereocenters. The summed E-state index contributed by atoms with van der Waals surface area (Å²) >= 11 is 0. The fourth-order valence-corrected chi connectivity index (χ4v) is 4.87. The van der Waals surface area contributed by atoms with Gasteiger partial charge in [-0.05, 0) is 50.3 Å². The van der Waals surface area contributed by atoms with Gasteiger partial charge in [0.1, 0.15) is 29.5 Å². The summed E-state index contributed by atoms with van der Waals surface area (Å²) in [7, 11) is 0. The molecule has 2 aliphatic rings. The average Bonchev–Trinajstić information content (AvgIpc) is 3.67. The van der Waals surface area contributed by atoms with E-state index >= 15 is 0 Å². The van der Waals surface area contributed by atoms with E-state index in [9.17, 15) is 27.2 Å². The number of hydrogen-bond acceptors (Lipinski definition) is 5. The van der Waals surface area contributed by atoms with E-state index < -0.39 is 29.9 Å². The summed E-state index contributed by atoms with van der Waals surface area (Å²) in [6.07, 6.45) is -2.28. The van der Waals surface area contributed by atoms with Crippen molar-refractivity contribution in [3.05, 3.63) is 41.3 Å². The van der Waals surface area contributed by atoms with Crippen molar-refractivity contribution in [3.8, 4) is 17.0 Å². The van der Waals surface area contributed by atoms with Crippen molar-refractivity contribution in [2.45, 2.75) is 57.9 Å². The number of nitrogens with one attached hydrogen (secondary N) is 2. The second-order valence-corrected chi connectivity index (χ2v) is 10.1. The third kappa shape index (κ3) is 5.55. The Morgan fingerprint density at radius 2 is 1.97 bits per heavy atom. The van der Waals surface area contributed by atoms with Crippen LogP contribution in [0.4, 0.5) is 17.6 Å². The normalized spacial score (nSPS) is 19.8. The summed E-state index contributed by atoms with van der Waals surface area (Å²) in [5.74, 6) is -0.0866. The van der Waals surface area contributed by atoms with Crippen LogP contribution in [0.3, 0.4) is 0 Å². The highest BCUT2D eigenvalue weighted by Gasteiger charge is 2.34. The number of hydrogen-bond donors (Lipinski definition) is 2. The lowest BCUT2D eigenvalue weighted by molar-refractivity contribution is -0.137. The number of ether oxygens (including phenoxy) is 1. The van der Waals surface area contributed by atoms with Crippen LogP contribution in [0, 0.1) is 12.8 Å². The van der Waals surface area contributed by atoms with E-state index in [0.29, 0.717) is 24.8 Å². The molecule has 3 heterocycles. The van der Waals surface area contributed by atoms with Crippen LogP contribution in [0.5, 0.6) is 5.75 Å². The quantitative estimate of drug-likeness (QED) is 0.413. The molecule has 1 saturated heterocycles. The number of piperidine rings is 1. The van der Waals surface area contributed by atoms with Crippen molar-refractivity contribution in [2.24, 2.45) is 5.92 Å². The van der Waals surface area contributed by atoms with Crippen molar-refractivity contribution >= 4 is 22.8 Å². The zero-order valence-electron chi connectivity index (χ0n) is 21.6. The lowest BCUT2D eigenvalue weighted by atomic mass is 10.0. The Kier molecular flexibility index (Phi) is 7.21. The van der Waals surface area contributed by atoms with Crippen LogP contribution in [0.1, 0.15) is 54.2 Å². The topological polar surface area (TPSA) is 100 Å². The molecule has 5 rings (SSSR count). The van der Waals surface area contributed by atoms with Crippen molar-refractivity contribution in [1.29, 1.82) is 0 Å². The van der Waals surface area contributed by atoms with Crippen molar-refractivity contribution < 1.29 is 31.9 Å². The molecule has 39 heavy (non-hydrogen) atoms. The molecular weight excluding hydrogens is 518 g/mol. The summed E-state index contributed by atoms with van der Waals surface area (Å²) in [5.41, 5.74) is 0.472. The zero-order valence-corrected chi connectivity index (χ0v) is 21.6. The first-order valence-electron chi connectivity index (χ1n) is 13.0. The Balaban J connectivity index is 1.47. The summed E-state index contributed by atoms with van der Waals surface area (Å²) in [4.78, 5) is 38.2. The van der Waals surface area contributed by atoms with E-state index in [4.69, 9.17) is 4.74 Å². The van der Waals surface area contributed by atoms with Gasteiger partial charge in [-0.1, -0.05) is 6.92 Å². The lowest BCUT2D eigenvalue weighted by Gasteiger charge is -2.35. The molecule has 2 fully saturated rings. The van der Waals surface area contributed by atoms with Gasteiger partial charge in [0.25, 0.3) is 5.91 Å². The van der Waals surface area contributed by atoms with Gasteiger partial charge in [-0.25, -0.2) is 14.4 Å². The number of nitrogens with zero attached hydrogens (tertiary/aromatic N) is 3. The van der Waals surface area contributed by atoms with Crippen LogP contribution in [-0.2, 0) is 11.0 Å². The number of benzene rings is 1. The van der Waals surface area contributed by atoms with Gasteiger partial charge >= 0.3 is 6.18 Å². The number of amides is 2. The molecule has 1 aliphatic carbocycles. The van der Waals surface area contributed by atoms with Crippen LogP contribution < -0.4 is 10.1 Å². The monoisotopic (exact) mass is 547 g/mol. The molecule has 1 aromatic carbocycles. The molecule has 2 amide bonds. The maximum Gasteiger partial charge on any atom is 0.416 e. The molecule has 12 heteroatoms. The van der Waals surface area contributed by atoms with Gasteiger partial charge in [-0.15, -0.1) is 0 Å². The second kappa shape index (κ2) is 10.5. The summed E-state index contributed by atoms with van der Waals surface area (Å²) in [6.45, 7) is 3.96. The molecular formula is C27H29F4N5O3. The Morgan fingerprint density at radius 3 is 2.64 bits per heavy atom. The van der Waals surface area contributed by atoms with E-state index in [1.807, 2.05) is 0 Å². The zero-order chi connectivity index (χ0) is 27.9. The highest BCUT2D eigenvalue weighted by atomic mass is 19.4. The molecule has 0 radical (unpaired) electrons. The van der Waals surface area contributed by atoms with Crippen LogP contribution >= 0.6 is 0 Å². The molecule has 2 aromatic heterocycles. The number of likely N-dealkylation sites (tertiary alicyclic amines) is 1. The first-order valence-corrected chi connectivity index (χ1v) is 13.0. The smallest absolute Gasteiger partial charge is 0.416 e. The molecule has 208 valence electrons. The van der Waals surface area contributed by atoms with E-state index in [2.05, 4.69) is 20.3 Å². The molecule has 0 spiro atoms. The minimum atomic E-state index is -4.58. The third-order valence-electron chi connectivity index (χ3n) is 7.25. The Morgan fingerprint density at radius 1 is 1.21 bits per heavy atom. The van der Waals surface area contributed by atoms with E-state index in [-0.39, 0.29) is 58.9 Å². The van der Waals surface area contributed by atoms with Gasteiger partial charge in [0.05, 0.1) is 35.8 Å². The van der Waals surface area contributed by atoms with Crippen molar-refractivity contribution in [2.75, 3.05) is 19.7 Å². The van der Waals surface area contributed by atoms with Gasteiger partial charge < -0.3 is 19.9 Å². The van der Waals surface area contributed by atoms with Crippen LogP contribution in [0.2, 0.25) is 0 Å². The first kappa shape index (κ1) is 26.9. The number of aromatic nitrogens is 3. The predicted octanol–water partition coefficient (Wildman–Crippen LogP) is 4.82. The number of H-pyrrole nitrogens is 1. The van der Waals surface area contributed by atoms with Gasteiger partial charge in [-0.2, -0.15) is 13.2 Å². The van der Waals surface area contributed by atoms with Crippen molar-refractivity contribution in [3.63, 3.8) is 0 Å². The standard InChI is InChI=1S/C27H29F4N5O3/c1-3-21(37)36-9-8-19(18(28)11-36)35-26(38)22-14(2)34-25-23(32-13-33-24(22)25)17-10-16(27(29,30)31)6-7-20(17)39-12-15-4-5-15/h6-7,10,13,15,18-19,34H,3-5,8-9,11-12H2,1-2H3,(H,35,38)/t18-,19+/m1/s1.